The van der Waals surface area contributed by atoms with Crippen LogP contribution in [0.4, 0.5) is 0 Å². The van der Waals surface area contributed by atoms with Gasteiger partial charge >= 0.3 is 0 Å². The Morgan fingerprint density at radius 1 is 1.55 bits per heavy atom. The molecule has 0 aromatic rings. The normalized spacial score (nSPS) is 19.7. The fourth-order valence-electron chi connectivity index (χ4n) is 1.11. The zero-order chi connectivity index (χ0) is 8.10. The first-order valence-electron chi connectivity index (χ1n) is 3.69. The Bertz CT molecular complexity index is 134. The van der Waals surface area contributed by atoms with Crippen molar-refractivity contribution in [1.82, 2.24) is 15.7 Å². The number of nitrogens with one attached hydrogen (secondary N) is 2. The largest absolute Gasteiger partial charge is 0.314 e. The van der Waals surface area contributed by atoms with Crippen molar-refractivity contribution in [2.24, 2.45) is 0 Å². The van der Waals surface area contributed by atoms with Gasteiger partial charge in [-0.1, -0.05) is 0 Å². The number of nitrogens with zero attached hydrogens (tertiary/aromatic N) is 1. The van der Waals surface area contributed by atoms with E-state index >= 15 is 0 Å². The van der Waals surface area contributed by atoms with Crippen molar-refractivity contribution < 1.29 is 10.0 Å². The minimum Gasteiger partial charge on any atom is -0.314 e. The van der Waals surface area contributed by atoms with E-state index in [1.165, 1.54) is 0 Å². The van der Waals surface area contributed by atoms with Crippen LogP contribution in [0.2, 0.25) is 0 Å². The van der Waals surface area contributed by atoms with E-state index in [1.807, 2.05) is 4.90 Å². The average Bonchev–Trinajstić information content (AvgIpc) is 2.06. The van der Waals surface area contributed by atoms with Gasteiger partial charge in [0.15, 0.2) is 0 Å². The summed E-state index contributed by atoms with van der Waals surface area (Å²) in [7, 11) is 0. The van der Waals surface area contributed by atoms with Gasteiger partial charge in [-0.15, -0.1) is 0 Å². The highest BCUT2D eigenvalue weighted by Gasteiger charge is 2.12. The molecule has 64 valence electrons. The van der Waals surface area contributed by atoms with Crippen LogP contribution < -0.4 is 10.8 Å². The van der Waals surface area contributed by atoms with Crippen LogP contribution in [0.5, 0.6) is 0 Å². The molecule has 0 radical (unpaired) electrons. The van der Waals surface area contributed by atoms with Crippen LogP contribution in [0.25, 0.3) is 0 Å². The lowest BCUT2D eigenvalue weighted by Crippen LogP contribution is -2.47. The molecule has 0 bridgehead atoms. The van der Waals surface area contributed by atoms with Gasteiger partial charge in [0, 0.05) is 26.2 Å². The monoisotopic (exact) mass is 159 g/mol. The molecule has 3 N–H and O–H groups in total. The van der Waals surface area contributed by atoms with Crippen molar-refractivity contribution in [3.05, 3.63) is 0 Å². The second-order valence-electron chi connectivity index (χ2n) is 2.56. The van der Waals surface area contributed by atoms with Gasteiger partial charge in [0.05, 0.1) is 6.54 Å². The van der Waals surface area contributed by atoms with Gasteiger partial charge in [0.1, 0.15) is 0 Å². The molecule has 1 amide bonds. The summed E-state index contributed by atoms with van der Waals surface area (Å²) in [5, 5.41) is 11.4. The number of amides is 1. The minimum absolute atomic E-state index is 0.290. The molecule has 1 aliphatic rings. The third-order valence-corrected chi connectivity index (χ3v) is 1.70. The van der Waals surface area contributed by atoms with E-state index in [-0.39, 0.29) is 12.5 Å². The van der Waals surface area contributed by atoms with Crippen molar-refractivity contribution in [2.75, 3.05) is 32.7 Å². The number of rotatable bonds is 2. The molecular weight excluding hydrogens is 146 g/mol. The van der Waals surface area contributed by atoms with E-state index in [2.05, 4.69) is 5.32 Å². The number of carbonyl (C=O) groups excluding carboxylic acids is 1. The van der Waals surface area contributed by atoms with Crippen LogP contribution in [-0.4, -0.2) is 48.7 Å². The highest BCUT2D eigenvalue weighted by Crippen LogP contribution is 1.89. The first-order valence-corrected chi connectivity index (χ1v) is 3.69. The minimum atomic E-state index is -0.341. The zero-order valence-corrected chi connectivity index (χ0v) is 6.34. The lowest BCUT2D eigenvalue weighted by molar-refractivity contribution is -0.130. The topological polar surface area (TPSA) is 64.6 Å². The molecule has 0 aromatic carbocycles. The Balaban J connectivity index is 2.19. The predicted molar refractivity (Wildman–Crippen MR) is 39.2 cm³/mol. The van der Waals surface area contributed by atoms with E-state index in [0.29, 0.717) is 0 Å². The Hall–Kier alpha value is -0.650. The number of hydrogen-bond donors (Lipinski definition) is 3. The van der Waals surface area contributed by atoms with Gasteiger partial charge < -0.3 is 5.32 Å². The Labute approximate surface area is 65.3 Å². The van der Waals surface area contributed by atoms with Crippen LogP contribution in [0.1, 0.15) is 0 Å². The van der Waals surface area contributed by atoms with Crippen molar-refractivity contribution in [2.45, 2.75) is 0 Å². The highest BCUT2D eigenvalue weighted by molar-refractivity contribution is 5.76. The molecule has 0 saturated carbocycles. The van der Waals surface area contributed by atoms with Crippen molar-refractivity contribution in [3.63, 3.8) is 0 Å². The summed E-state index contributed by atoms with van der Waals surface area (Å²) < 4.78 is 0. The maximum atomic E-state index is 10.7. The highest BCUT2D eigenvalue weighted by atomic mass is 16.5. The molecule has 1 heterocycles. The molecule has 0 aliphatic carbocycles. The maximum Gasteiger partial charge on any atom is 0.257 e. The number of carbonyl (C=O) groups is 1. The maximum absolute atomic E-state index is 10.7. The molecule has 1 aliphatic heterocycles. The lowest BCUT2D eigenvalue weighted by Gasteiger charge is -2.25. The summed E-state index contributed by atoms with van der Waals surface area (Å²) in [4.78, 5) is 12.6. The van der Waals surface area contributed by atoms with Gasteiger partial charge in [-0.2, -0.15) is 0 Å². The van der Waals surface area contributed by atoms with E-state index in [1.54, 1.807) is 5.48 Å². The van der Waals surface area contributed by atoms with Crippen LogP contribution >= 0.6 is 0 Å². The van der Waals surface area contributed by atoms with Gasteiger partial charge in [-0.3, -0.25) is 14.9 Å². The van der Waals surface area contributed by atoms with Gasteiger partial charge in [0.25, 0.3) is 5.91 Å². The summed E-state index contributed by atoms with van der Waals surface area (Å²) in [6, 6.07) is 0. The third-order valence-electron chi connectivity index (χ3n) is 1.70. The Kier molecular flexibility index (Phi) is 3.28. The van der Waals surface area contributed by atoms with E-state index in [0.717, 1.165) is 26.2 Å². The zero-order valence-electron chi connectivity index (χ0n) is 6.34. The first kappa shape index (κ1) is 8.45. The van der Waals surface area contributed by atoms with Crippen molar-refractivity contribution in [1.29, 1.82) is 0 Å². The summed E-state index contributed by atoms with van der Waals surface area (Å²) in [5.74, 6) is -0.341. The Morgan fingerprint density at radius 3 is 2.73 bits per heavy atom. The molecule has 5 nitrogen and oxygen atoms in total. The second-order valence-corrected chi connectivity index (χ2v) is 2.56. The average molecular weight is 159 g/mol. The van der Waals surface area contributed by atoms with Crippen LogP contribution in [0, 0.1) is 0 Å². The van der Waals surface area contributed by atoms with E-state index in [9.17, 15) is 4.79 Å². The second kappa shape index (κ2) is 4.27. The van der Waals surface area contributed by atoms with Crippen molar-refractivity contribution >= 4 is 5.91 Å². The molecule has 0 aromatic heterocycles. The van der Waals surface area contributed by atoms with Crippen molar-refractivity contribution in [3.8, 4) is 0 Å². The molecular formula is C6H13N3O2. The van der Waals surface area contributed by atoms with E-state index < -0.39 is 0 Å². The predicted octanol–water partition coefficient (Wildman–Crippen LogP) is -1.60. The molecule has 0 spiro atoms. The Morgan fingerprint density at radius 2 is 2.18 bits per heavy atom. The summed E-state index contributed by atoms with van der Waals surface area (Å²) in [6.45, 7) is 3.86. The summed E-state index contributed by atoms with van der Waals surface area (Å²) in [6.07, 6.45) is 0. The third kappa shape index (κ3) is 2.83. The van der Waals surface area contributed by atoms with E-state index in [4.69, 9.17) is 5.21 Å². The molecule has 0 unspecified atom stereocenters. The molecule has 1 fully saturated rings. The molecule has 0 atom stereocenters. The van der Waals surface area contributed by atoms with Crippen LogP contribution in [-0.2, 0) is 4.79 Å². The molecule has 5 heteroatoms. The van der Waals surface area contributed by atoms with Gasteiger partial charge in [0.2, 0.25) is 0 Å². The molecule has 1 rings (SSSR count). The fraction of sp³-hybridized carbons (Fsp3) is 0.833. The summed E-state index contributed by atoms with van der Waals surface area (Å²) >= 11 is 0. The molecule has 1 saturated heterocycles. The van der Waals surface area contributed by atoms with Gasteiger partial charge in [-0.05, 0) is 0 Å². The standard InChI is InChI=1S/C6H13N3O2/c10-6(8-11)5-9-3-1-7-2-4-9/h7,11H,1-5H2,(H,8,10). The molecule has 11 heavy (non-hydrogen) atoms. The SMILES string of the molecule is O=C(CN1CCNCC1)NO. The quantitative estimate of drug-likeness (QED) is 0.335. The van der Waals surface area contributed by atoms with Gasteiger partial charge in [-0.25, -0.2) is 5.48 Å². The first-order chi connectivity index (χ1) is 5.33. The lowest BCUT2D eigenvalue weighted by atomic mass is 10.3. The van der Waals surface area contributed by atoms with Crippen LogP contribution in [0.15, 0.2) is 0 Å². The summed E-state index contributed by atoms with van der Waals surface area (Å²) in [5.41, 5.74) is 1.61. The number of piperazine rings is 1. The number of hydroxylamine groups is 1. The number of hydrogen-bond acceptors (Lipinski definition) is 4. The fourth-order valence-corrected chi connectivity index (χ4v) is 1.11. The van der Waals surface area contributed by atoms with Crippen LogP contribution in [0.3, 0.4) is 0 Å². The smallest absolute Gasteiger partial charge is 0.257 e.